The van der Waals surface area contributed by atoms with Gasteiger partial charge in [0.1, 0.15) is 29.5 Å². The van der Waals surface area contributed by atoms with Gasteiger partial charge in [-0.2, -0.15) is 0 Å². The molecular formula is C50H56N10O5S2. The number of aromatic nitrogens is 6. The number of aryl methyl sites for hydroxylation is 3. The molecule has 0 fully saturated rings. The first-order valence-corrected chi connectivity index (χ1v) is 24.6. The number of hydrogen-bond donors (Lipinski definition) is 2. The first-order valence-electron chi connectivity index (χ1n) is 22.6. The number of thioether (sulfide) groups is 2. The fourth-order valence-corrected chi connectivity index (χ4v) is 9.74. The Morgan fingerprint density at radius 2 is 1.06 bits per heavy atom. The molecule has 4 heterocycles. The van der Waals surface area contributed by atoms with Crippen LogP contribution in [0.4, 0.5) is 0 Å². The Labute approximate surface area is 399 Å². The predicted molar refractivity (Wildman–Crippen MR) is 263 cm³/mol. The summed E-state index contributed by atoms with van der Waals surface area (Å²) in [4.78, 5) is 38.3. The Kier molecular flexibility index (Phi) is 15.6. The standard InChI is InChI=1S/C50H56N10O5S2/c1-7-51-45(61)29-41-49-57-55-32(4)59(49)43-19-9-31(3)27-39(43)47(53-41)34-10-15-37(16-11-34)66-25-23-64-21-22-65-24-26-67-38-17-12-35(13-18-38)48-40-28-36(63-6)14-20-44(40)60-33(5)56-58-50(60)42(54-48)30-46(62)52-8-2/h9-20,27-28,41-42H,7-8,21-26,29-30H2,1-6H3,(H,51,61)(H,52,62)/t41-,42-/m0/s1. The van der Waals surface area contributed by atoms with Crippen molar-refractivity contribution in [3.8, 4) is 17.1 Å². The molecule has 15 nitrogen and oxygen atoms in total. The summed E-state index contributed by atoms with van der Waals surface area (Å²) in [5, 5.41) is 23.5. The van der Waals surface area contributed by atoms with Gasteiger partial charge in [-0.05, 0) is 89.2 Å². The lowest BCUT2D eigenvalue weighted by molar-refractivity contribution is -0.122. The second-order valence-electron chi connectivity index (χ2n) is 16.1. The van der Waals surface area contributed by atoms with Crippen molar-refractivity contribution < 1.29 is 23.8 Å². The van der Waals surface area contributed by atoms with E-state index in [1.807, 2.05) is 55.0 Å². The number of benzene rings is 4. The number of nitrogens with zero attached hydrogens (tertiary/aromatic N) is 8. The molecule has 2 amide bonds. The van der Waals surface area contributed by atoms with Gasteiger partial charge in [0.15, 0.2) is 11.6 Å². The molecule has 67 heavy (non-hydrogen) atoms. The van der Waals surface area contributed by atoms with Gasteiger partial charge in [0.25, 0.3) is 0 Å². The summed E-state index contributed by atoms with van der Waals surface area (Å²) in [6.45, 7) is 13.0. The van der Waals surface area contributed by atoms with Gasteiger partial charge in [0.2, 0.25) is 11.8 Å². The number of rotatable bonds is 20. The van der Waals surface area contributed by atoms with Crippen LogP contribution in [0.3, 0.4) is 0 Å². The molecule has 0 saturated carbocycles. The summed E-state index contributed by atoms with van der Waals surface area (Å²) in [5.74, 6) is 4.89. The van der Waals surface area contributed by atoms with Crippen LogP contribution in [0.25, 0.3) is 11.4 Å². The van der Waals surface area contributed by atoms with Crippen molar-refractivity contribution in [2.75, 3.05) is 58.1 Å². The minimum Gasteiger partial charge on any atom is -0.497 e. The van der Waals surface area contributed by atoms with E-state index in [1.165, 1.54) is 0 Å². The normalized spacial score (nSPS) is 15.0. The zero-order chi connectivity index (χ0) is 46.9. The molecule has 0 spiro atoms. The molecule has 2 aliphatic rings. The summed E-state index contributed by atoms with van der Waals surface area (Å²) in [6.07, 6.45) is 0.331. The van der Waals surface area contributed by atoms with Crippen LogP contribution in [0, 0.1) is 20.8 Å². The first kappa shape index (κ1) is 47.4. The minimum atomic E-state index is -0.524. The zero-order valence-corrected chi connectivity index (χ0v) is 40.4. The van der Waals surface area contributed by atoms with Crippen LogP contribution in [-0.2, 0) is 19.1 Å². The molecule has 0 unspecified atom stereocenters. The number of carbonyl (C=O) groups is 2. The van der Waals surface area contributed by atoms with Crippen molar-refractivity contribution in [3.05, 3.63) is 136 Å². The molecule has 0 saturated heterocycles. The average molecular weight is 941 g/mol. The molecule has 348 valence electrons. The van der Waals surface area contributed by atoms with Crippen LogP contribution in [0.1, 0.15) is 89.9 Å². The summed E-state index contributed by atoms with van der Waals surface area (Å²) in [5.41, 5.74) is 8.31. The fraction of sp³-hybridized carbons (Fsp3) is 0.360. The lowest BCUT2D eigenvalue weighted by atomic mass is 9.98. The van der Waals surface area contributed by atoms with Crippen molar-refractivity contribution in [1.29, 1.82) is 0 Å². The maximum Gasteiger partial charge on any atom is 0.222 e. The Hall–Kier alpha value is -6.14. The molecule has 2 aromatic heterocycles. The van der Waals surface area contributed by atoms with Crippen LogP contribution in [0.5, 0.6) is 5.75 Å². The van der Waals surface area contributed by atoms with Crippen LogP contribution in [0.2, 0.25) is 0 Å². The molecule has 0 bridgehead atoms. The number of hydrogen-bond acceptors (Lipinski definition) is 13. The molecule has 17 heteroatoms. The van der Waals surface area contributed by atoms with Crippen molar-refractivity contribution in [3.63, 3.8) is 0 Å². The van der Waals surface area contributed by atoms with Crippen molar-refractivity contribution in [2.45, 2.75) is 69.3 Å². The fourth-order valence-electron chi connectivity index (χ4n) is 8.21. The molecule has 0 aliphatic carbocycles. The highest BCUT2D eigenvalue weighted by Gasteiger charge is 2.31. The van der Waals surface area contributed by atoms with Crippen LogP contribution in [0.15, 0.2) is 105 Å². The summed E-state index contributed by atoms with van der Waals surface area (Å²) < 4.78 is 21.5. The SMILES string of the molecule is CCNC(=O)C[C@@H]1N=C(c2ccc(SCCOCCOCCSc3ccc(C4=N[C@@H](CC(=O)NCC)c5nnc(C)n5-c5ccc(OC)cc54)cc3)cc2)c2cc(C)ccc2-n2c(C)nnc21. The zero-order valence-electron chi connectivity index (χ0n) is 38.7. The van der Waals surface area contributed by atoms with Crippen molar-refractivity contribution in [2.24, 2.45) is 9.98 Å². The molecular weight excluding hydrogens is 885 g/mol. The molecule has 0 radical (unpaired) electrons. The highest BCUT2D eigenvalue weighted by molar-refractivity contribution is 7.99. The first-order chi connectivity index (χ1) is 32.6. The van der Waals surface area contributed by atoms with E-state index in [0.29, 0.717) is 56.9 Å². The van der Waals surface area contributed by atoms with E-state index in [-0.39, 0.29) is 24.7 Å². The minimum absolute atomic E-state index is 0.0744. The Bertz CT molecular complexity index is 2770. The number of amides is 2. The van der Waals surface area contributed by atoms with E-state index in [0.717, 1.165) is 83.6 Å². The van der Waals surface area contributed by atoms with Crippen molar-refractivity contribution >= 4 is 46.8 Å². The molecule has 8 rings (SSSR count). The van der Waals surface area contributed by atoms with Gasteiger partial charge in [-0.25, -0.2) is 0 Å². The second kappa shape index (κ2) is 22.1. The second-order valence-corrected chi connectivity index (χ2v) is 18.4. The van der Waals surface area contributed by atoms with Gasteiger partial charge in [-0.15, -0.1) is 43.9 Å². The quantitative estimate of drug-likeness (QED) is 0.0573. The van der Waals surface area contributed by atoms with Gasteiger partial charge in [0, 0.05) is 56.6 Å². The van der Waals surface area contributed by atoms with E-state index < -0.39 is 12.1 Å². The van der Waals surface area contributed by atoms with Crippen LogP contribution < -0.4 is 15.4 Å². The molecule has 2 aliphatic heterocycles. The number of nitrogens with one attached hydrogen (secondary N) is 2. The Morgan fingerprint density at radius 1 is 0.597 bits per heavy atom. The van der Waals surface area contributed by atoms with E-state index in [4.69, 9.17) is 24.2 Å². The highest BCUT2D eigenvalue weighted by Crippen LogP contribution is 2.36. The Balaban J connectivity index is 0.806. The number of aliphatic imine (C=N–C) groups is 2. The van der Waals surface area contributed by atoms with Crippen LogP contribution in [-0.4, -0.2) is 111 Å². The van der Waals surface area contributed by atoms with E-state index >= 15 is 0 Å². The summed E-state index contributed by atoms with van der Waals surface area (Å²) >= 11 is 3.46. The maximum absolute atomic E-state index is 12.8. The van der Waals surface area contributed by atoms with Crippen LogP contribution >= 0.6 is 23.5 Å². The third-order valence-corrected chi connectivity index (χ3v) is 13.3. The Morgan fingerprint density at radius 3 is 1.52 bits per heavy atom. The number of methoxy groups -OCH3 is 1. The largest absolute Gasteiger partial charge is 0.497 e. The third kappa shape index (κ3) is 11.0. The number of carbonyl (C=O) groups excluding carboxylic acids is 2. The molecule has 2 N–H and O–H groups in total. The number of ether oxygens (including phenoxy) is 3. The van der Waals surface area contributed by atoms with Gasteiger partial charge >= 0.3 is 0 Å². The third-order valence-electron chi connectivity index (χ3n) is 11.3. The topological polar surface area (TPSA) is 172 Å². The average Bonchev–Trinajstić information content (AvgIpc) is 3.83. The molecule has 4 aromatic carbocycles. The van der Waals surface area contributed by atoms with Gasteiger partial charge < -0.3 is 24.8 Å². The number of fused-ring (bicyclic) bond motifs is 6. The summed E-state index contributed by atoms with van der Waals surface area (Å²) in [7, 11) is 1.65. The van der Waals surface area contributed by atoms with E-state index in [2.05, 4.69) is 105 Å². The molecule has 2 atom stereocenters. The maximum atomic E-state index is 12.8. The predicted octanol–water partition coefficient (Wildman–Crippen LogP) is 7.54. The molecule has 6 aromatic rings. The smallest absolute Gasteiger partial charge is 0.222 e. The van der Waals surface area contributed by atoms with E-state index in [1.54, 1.807) is 30.6 Å². The van der Waals surface area contributed by atoms with E-state index in [9.17, 15) is 9.59 Å². The highest BCUT2D eigenvalue weighted by atomic mass is 32.2. The van der Waals surface area contributed by atoms with Gasteiger partial charge in [-0.3, -0.25) is 28.7 Å². The van der Waals surface area contributed by atoms with Crippen molar-refractivity contribution in [1.82, 2.24) is 40.2 Å². The summed E-state index contributed by atoms with van der Waals surface area (Å²) in [6, 6.07) is 27.9. The lowest BCUT2D eigenvalue weighted by Gasteiger charge is -2.14. The monoisotopic (exact) mass is 940 g/mol. The lowest BCUT2D eigenvalue weighted by Crippen LogP contribution is -2.25. The van der Waals surface area contributed by atoms with Gasteiger partial charge in [-0.1, -0.05) is 35.9 Å². The van der Waals surface area contributed by atoms with Gasteiger partial charge in [0.05, 0.1) is 69.2 Å².